The van der Waals surface area contributed by atoms with Crippen LogP contribution in [-0.4, -0.2) is 99.3 Å². The van der Waals surface area contributed by atoms with Crippen molar-refractivity contribution in [3.63, 3.8) is 0 Å². The van der Waals surface area contributed by atoms with Crippen molar-refractivity contribution in [3.8, 4) is 0 Å². The summed E-state index contributed by atoms with van der Waals surface area (Å²) in [5.41, 5.74) is -0.825. The molecule has 2 rings (SSSR count). The molecule has 0 unspecified atom stereocenters. The van der Waals surface area contributed by atoms with Gasteiger partial charge in [0, 0.05) is 0 Å². The molecule has 0 spiro atoms. The van der Waals surface area contributed by atoms with Crippen LogP contribution >= 0.6 is 0 Å². The zero-order valence-electron chi connectivity index (χ0n) is 28.2. The Bertz CT molecular complexity index is 1490. The summed E-state index contributed by atoms with van der Waals surface area (Å²) >= 11 is 0. The number of unbranched alkanes of at least 4 members (excludes halogenated alkanes) is 4. The van der Waals surface area contributed by atoms with Crippen molar-refractivity contribution in [2.45, 2.75) is 88.9 Å². The van der Waals surface area contributed by atoms with Crippen LogP contribution in [0.4, 0.5) is 0 Å². The first-order chi connectivity index (χ1) is 22.6. The first-order valence-electron chi connectivity index (χ1n) is 15.5. The molecule has 0 aliphatic heterocycles. The second-order valence-electron chi connectivity index (χ2n) is 10.3. The molecule has 0 saturated carbocycles. The van der Waals surface area contributed by atoms with Crippen LogP contribution in [0.3, 0.4) is 0 Å². The maximum Gasteiger partial charge on any atom is 2.00 e. The van der Waals surface area contributed by atoms with Gasteiger partial charge in [-0.1, -0.05) is 53.4 Å². The van der Waals surface area contributed by atoms with Gasteiger partial charge >= 0.3 is 46.9 Å². The van der Waals surface area contributed by atoms with Crippen molar-refractivity contribution in [1.29, 1.82) is 0 Å². The van der Waals surface area contributed by atoms with Crippen LogP contribution in [-0.2, 0) is 39.2 Å². The van der Waals surface area contributed by atoms with Crippen molar-refractivity contribution in [1.82, 2.24) is 0 Å². The second kappa shape index (κ2) is 23.3. The number of esters is 4. The summed E-state index contributed by atoms with van der Waals surface area (Å²) < 4.78 is 86.9. The topological polar surface area (TPSA) is 220 Å². The van der Waals surface area contributed by atoms with E-state index >= 15 is 0 Å². The van der Waals surface area contributed by atoms with E-state index in [4.69, 9.17) is 18.9 Å². The zero-order valence-corrected chi connectivity index (χ0v) is 31.2. The van der Waals surface area contributed by atoms with Crippen LogP contribution in [0.15, 0.2) is 46.2 Å². The second-order valence-corrected chi connectivity index (χ2v) is 13.0. The van der Waals surface area contributed by atoms with Crippen molar-refractivity contribution in [2.75, 3.05) is 26.4 Å². The van der Waals surface area contributed by atoms with E-state index in [1.54, 1.807) is 0 Å². The number of hydrogen-bond acceptors (Lipinski definition) is 14. The van der Waals surface area contributed by atoms with Gasteiger partial charge in [-0.25, -0.2) is 36.0 Å². The average Bonchev–Trinajstić information content (AvgIpc) is 3.04. The van der Waals surface area contributed by atoms with Crippen LogP contribution < -0.4 is 0 Å². The molecule has 0 atom stereocenters. The summed E-state index contributed by atoms with van der Waals surface area (Å²) in [6.45, 7) is 8.31. The monoisotopic (exact) mass is 738 g/mol. The molecule has 14 nitrogen and oxygen atoms in total. The van der Waals surface area contributed by atoms with Gasteiger partial charge in [-0.05, 0) is 62.1 Å². The number of rotatable bonds is 18. The van der Waals surface area contributed by atoms with E-state index in [0.717, 1.165) is 62.1 Å². The van der Waals surface area contributed by atoms with Crippen molar-refractivity contribution in [2.24, 2.45) is 0 Å². The maximum atomic E-state index is 12.1. The van der Waals surface area contributed by atoms with E-state index in [9.17, 15) is 45.1 Å². The average molecular weight is 739 g/mol. The number of carbonyl (C=O) groups is 4. The van der Waals surface area contributed by atoms with Crippen molar-refractivity contribution >= 4 is 67.2 Å². The summed E-state index contributed by atoms with van der Waals surface area (Å²) in [5, 5.41) is 0. The van der Waals surface area contributed by atoms with Gasteiger partial charge in [0.15, 0.2) is 0 Å². The van der Waals surface area contributed by atoms with Gasteiger partial charge in [0.1, 0.15) is 20.2 Å². The van der Waals surface area contributed by atoms with E-state index in [1.165, 1.54) is 0 Å². The maximum absolute atomic E-state index is 12.1. The van der Waals surface area contributed by atoms with Crippen LogP contribution in [0.5, 0.6) is 0 Å². The van der Waals surface area contributed by atoms with E-state index in [1.807, 2.05) is 27.7 Å². The third kappa shape index (κ3) is 16.4. The third-order valence-corrected chi connectivity index (χ3v) is 8.03. The molecule has 0 aliphatic carbocycles. The molecule has 0 amide bonds. The molecular weight excluding hydrogens is 697 g/mol. The molecular formula is C32H42MgO14S2. The Labute approximate surface area is 303 Å². The molecule has 0 bridgehead atoms. The smallest absolute Gasteiger partial charge is 0.744 e. The van der Waals surface area contributed by atoms with E-state index < -0.39 is 53.9 Å². The molecule has 2 aromatic carbocycles. The fraction of sp³-hybridized carbons (Fsp3) is 0.500. The molecule has 2 aromatic rings. The van der Waals surface area contributed by atoms with Crippen LogP contribution in [0, 0.1) is 0 Å². The first kappa shape index (κ1) is 45.9. The standard InChI is InChI=1S/2C16H22O7S.Mg/c2*1-3-5-9-22-15(17)13-8-7-12(24(19,20)21)11-14(13)16(18)23-10-6-4-2;/h2*7-8,11H,3-6,9-10H2,1-2H3,(H,19,20,21);/q;;+2/p-2. The Morgan fingerprint density at radius 2 is 0.735 bits per heavy atom. The van der Waals surface area contributed by atoms with Gasteiger partial charge in [-0.3, -0.25) is 0 Å². The summed E-state index contributed by atoms with van der Waals surface area (Å²) in [5.74, 6) is -3.26. The predicted molar refractivity (Wildman–Crippen MR) is 175 cm³/mol. The van der Waals surface area contributed by atoms with Gasteiger partial charge < -0.3 is 28.1 Å². The fourth-order valence-corrected chi connectivity index (χ4v) is 4.59. The van der Waals surface area contributed by atoms with E-state index in [-0.39, 0.29) is 71.7 Å². The largest absolute Gasteiger partial charge is 2.00 e. The summed E-state index contributed by atoms with van der Waals surface area (Å²) in [7, 11) is -9.51. The van der Waals surface area contributed by atoms with Gasteiger partial charge in [0.2, 0.25) is 0 Å². The predicted octanol–water partition coefficient (Wildman–Crippen LogP) is 4.63. The molecule has 49 heavy (non-hydrogen) atoms. The Kier molecular flexibility index (Phi) is 21.9. The van der Waals surface area contributed by atoms with Crippen molar-refractivity contribution < 1.29 is 64.1 Å². The van der Waals surface area contributed by atoms with Crippen LogP contribution in [0.1, 0.15) is 120 Å². The minimum atomic E-state index is -4.76. The minimum absolute atomic E-state index is 0. The van der Waals surface area contributed by atoms with Gasteiger partial charge in [0.25, 0.3) is 0 Å². The number of hydrogen-bond donors (Lipinski definition) is 0. The molecule has 0 heterocycles. The van der Waals surface area contributed by atoms with Crippen molar-refractivity contribution in [3.05, 3.63) is 58.7 Å². The molecule has 0 aliphatic rings. The normalized spacial score (nSPS) is 10.9. The first-order valence-corrected chi connectivity index (χ1v) is 18.3. The Hall–Kier alpha value is -3.09. The number of ether oxygens (including phenoxy) is 4. The Balaban J connectivity index is 0.000000922. The molecule has 0 N–H and O–H groups in total. The number of carbonyl (C=O) groups excluding carboxylic acids is 4. The third-order valence-electron chi connectivity index (χ3n) is 6.36. The SMILES string of the molecule is CCCCOC(=O)c1ccc(S(=O)(=O)[O-])cc1C(=O)OCCCC.CCCCOC(=O)c1ccc(S(=O)(=O)[O-])cc1C(=O)OCCCC.[Mg+2]. The van der Waals surface area contributed by atoms with E-state index in [2.05, 4.69) is 0 Å². The molecule has 17 heteroatoms. The molecule has 0 fully saturated rings. The molecule has 0 radical (unpaired) electrons. The van der Waals surface area contributed by atoms with Gasteiger partial charge in [0.05, 0.1) is 58.5 Å². The van der Waals surface area contributed by atoms with Gasteiger partial charge in [-0.2, -0.15) is 0 Å². The summed E-state index contributed by atoms with van der Waals surface area (Å²) in [6, 6.07) is 5.84. The molecule has 0 saturated heterocycles. The molecule has 0 aromatic heterocycles. The van der Waals surface area contributed by atoms with Gasteiger partial charge in [-0.15, -0.1) is 0 Å². The van der Waals surface area contributed by atoms with Crippen LogP contribution in [0.2, 0.25) is 0 Å². The number of benzene rings is 2. The van der Waals surface area contributed by atoms with E-state index in [0.29, 0.717) is 25.7 Å². The zero-order chi connectivity index (χ0) is 36.3. The Morgan fingerprint density at radius 3 is 0.959 bits per heavy atom. The molecule has 268 valence electrons. The Morgan fingerprint density at radius 1 is 0.490 bits per heavy atom. The minimum Gasteiger partial charge on any atom is -0.744 e. The summed E-state index contributed by atoms with van der Waals surface area (Å²) in [6.07, 6.45) is 5.83. The quantitative estimate of drug-likeness (QED) is 0.0669. The summed E-state index contributed by atoms with van der Waals surface area (Å²) in [4.78, 5) is 47.2. The van der Waals surface area contributed by atoms with Crippen LogP contribution in [0.25, 0.3) is 0 Å². The fourth-order valence-electron chi connectivity index (χ4n) is 3.60.